The smallest absolute Gasteiger partial charge is 0.229 e. The maximum Gasteiger partial charge on any atom is 0.229 e. The molecule has 1 aliphatic heterocycles. The first-order chi connectivity index (χ1) is 18.6. The maximum atomic E-state index is 15.0. The summed E-state index contributed by atoms with van der Waals surface area (Å²) in [5, 5.41) is 13.9. The van der Waals surface area contributed by atoms with E-state index < -0.39 is 17.7 Å². The zero-order chi connectivity index (χ0) is 27.8. The predicted octanol–water partition coefficient (Wildman–Crippen LogP) is 5.95. The number of aromatic nitrogens is 5. The fraction of sp³-hybridized carbons (Fsp3) is 0.448. The van der Waals surface area contributed by atoms with Gasteiger partial charge in [0.25, 0.3) is 0 Å². The van der Waals surface area contributed by atoms with E-state index in [1.54, 1.807) is 18.3 Å². The van der Waals surface area contributed by atoms with Crippen LogP contribution >= 0.6 is 0 Å². The van der Waals surface area contributed by atoms with Crippen molar-refractivity contribution in [3.63, 3.8) is 0 Å². The van der Waals surface area contributed by atoms with Crippen molar-refractivity contribution in [2.45, 2.75) is 65.6 Å². The van der Waals surface area contributed by atoms with Crippen LogP contribution in [0.4, 0.5) is 20.5 Å². The van der Waals surface area contributed by atoms with Crippen molar-refractivity contribution in [2.75, 3.05) is 18.4 Å². The number of nitrogens with zero attached hydrogens (tertiary/aromatic N) is 6. The van der Waals surface area contributed by atoms with Crippen LogP contribution in [0.5, 0.6) is 0 Å². The van der Waals surface area contributed by atoms with E-state index >= 15 is 0 Å². The molecule has 1 aliphatic rings. The molecule has 206 valence electrons. The van der Waals surface area contributed by atoms with Gasteiger partial charge in [-0.3, -0.25) is 0 Å². The van der Waals surface area contributed by atoms with Gasteiger partial charge < -0.3 is 19.9 Å². The van der Waals surface area contributed by atoms with Crippen LogP contribution in [0.2, 0.25) is 0 Å². The molecule has 1 saturated heterocycles. The van der Waals surface area contributed by atoms with Gasteiger partial charge in [-0.2, -0.15) is 0 Å². The fourth-order valence-electron chi connectivity index (χ4n) is 5.48. The second-order valence-corrected chi connectivity index (χ2v) is 10.9. The maximum absolute atomic E-state index is 15.0. The summed E-state index contributed by atoms with van der Waals surface area (Å²) in [6.45, 7) is 12.1. The number of rotatable bonds is 7. The van der Waals surface area contributed by atoms with Gasteiger partial charge in [-0.1, -0.05) is 6.07 Å². The van der Waals surface area contributed by atoms with Gasteiger partial charge in [0.1, 0.15) is 22.9 Å². The summed E-state index contributed by atoms with van der Waals surface area (Å²) in [4.78, 5) is 19.6. The minimum atomic E-state index is -0.665. The van der Waals surface area contributed by atoms with Crippen LogP contribution < -0.4 is 5.32 Å². The second-order valence-electron chi connectivity index (χ2n) is 10.9. The highest BCUT2D eigenvalue weighted by atomic mass is 19.1. The number of halogens is 2. The second kappa shape index (κ2) is 10.9. The molecular weight excluding hydrogens is 500 g/mol. The van der Waals surface area contributed by atoms with Gasteiger partial charge >= 0.3 is 0 Å². The Morgan fingerprint density at radius 2 is 1.69 bits per heavy atom. The Hall–Kier alpha value is -3.50. The monoisotopic (exact) mass is 535 g/mol. The zero-order valence-electron chi connectivity index (χ0n) is 23.0. The lowest BCUT2D eigenvalue weighted by Crippen LogP contribution is -2.39. The third kappa shape index (κ3) is 5.49. The van der Waals surface area contributed by atoms with Gasteiger partial charge in [0.2, 0.25) is 5.95 Å². The summed E-state index contributed by atoms with van der Waals surface area (Å²) >= 11 is 0. The van der Waals surface area contributed by atoms with Crippen molar-refractivity contribution in [2.24, 2.45) is 5.92 Å². The molecule has 1 fully saturated rings. The highest BCUT2D eigenvalue weighted by Crippen LogP contribution is 2.32. The first kappa shape index (κ1) is 27.1. The molecule has 1 unspecified atom stereocenters. The number of benzene rings is 1. The number of fused-ring (bicyclic) bond motifs is 1. The number of imidazole rings is 1. The Morgan fingerprint density at radius 1 is 0.949 bits per heavy atom. The van der Waals surface area contributed by atoms with E-state index in [0.29, 0.717) is 28.8 Å². The largest absolute Gasteiger partial charge is 0.388 e. The summed E-state index contributed by atoms with van der Waals surface area (Å²) < 4.78 is 31.7. The number of hydrogen-bond acceptors (Lipinski definition) is 7. The third-order valence-electron chi connectivity index (χ3n) is 7.58. The van der Waals surface area contributed by atoms with Crippen LogP contribution in [0.3, 0.4) is 0 Å². The predicted molar refractivity (Wildman–Crippen MR) is 148 cm³/mol. The molecule has 3 aromatic heterocycles. The number of aryl methyl sites for hydroxylation is 1. The molecule has 1 atom stereocenters. The van der Waals surface area contributed by atoms with Gasteiger partial charge in [-0.05, 0) is 90.2 Å². The molecule has 0 radical (unpaired) electrons. The molecular formula is C29H35F2N7O. The van der Waals surface area contributed by atoms with Crippen molar-refractivity contribution in [1.29, 1.82) is 0 Å². The van der Waals surface area contributed by atoms with Crippen LogP contribution in [0.1, 0.15) is 64.1 Å². The molecule has 10 heteroatoms. The van der Waals surface area contributed by atoms with Crippen LogP contribution in [0.15, 0.2) is 36.7 Å². The molecule has 4 heterocycles. The van der Waals surface area contributed by atoms with Crippen LogP contribution in [-0.2, 0) is 0 Å². The summed E-state index contributed by atoms with van der Waals surface area (Å²) in [7, 11) is 0. The minimum absolute atomic E-state index is 0.0257. The van der Waals surface area contributed by atoms with Crippen molar-refractivity contribution in [1.82, 2.24) is 29.4 Å². The Kier molecular flexibility index (Phi) is 7.59. The van der Waals surface area contributed by atoms with Gasteiger partial charge in [0.15, 0.2) is 11.6 Å². The van der Waals surface area contributed by atoms with E-state index in [2.05, 4.69) is 44.0 Å². The van der Waals surface area contributed by atoms with Crippen molar-refractivity contribution in [3.8, 4) is 11.3 Å². The normalized spacial score (nSPS) is 15.9. The Morgan fingerprint density at radius 3 is 2.33 bits per heavy atom. The highest BCUT2D eigenvalue weighted by molar-refractivity contribution is 5.83. The summed E-state index contributed by atoms with van der Waals surface area (Å²) in [5.74, 6) is 0.250. The molecule has 0 aliphatic carbocycles. The number of anilines is 2. The van der Waals surface area contributed by atoms with Gasteiger partial charge in [-0.15, -0.1) is 0 Å². The van der Waals surface area contributed by atoms with Gasteiger partial charge in [-0.25, -0.2) is 28.7 Å². The number of aliphatic hydroxyl groups excluding tert-OH is 1. The number of likely N-dealkylation sites (tertiary alicyclic amines) is 1. The van der Waals surface area contributed by atoms with Crippen LogP contribution in [0, 0.1) is 24.5 Å². The molecule has 5 rings (SSSR count). The van der Waals surface area contributed by atoms with Gasteiger partial charge in [0, 0.05) is 23.8 Å². The van der Waals surface area contributed by atoms with E-state index in [1.165, 1.54) is 6.07 Å². The highest BCUT2D eigenvalue weighted by Gasteiger charge is 2.27. The molecule has 4 aromatic rings. The molecule has 0 amide bonds. The van der Waals surface area contributed by atoms with E-state index in [1.807, 2.05) is 31.4 Å². The Balaban J connectivity index is 1.35. The number of nitrogens with one attached hydrogen (secondary N) is 1. The standard InChI is InChI=1S/C29H35F2N7O/c1-16(2)37-10-8-19(9-11-37)28(39)20-6-7-25(32-14-20)35-29-33-15-23(31)26(36-29)21-12-22(30)27-24(13-21)38(17(3)4)18(5)34-27/h6-7,12-17,19,28,39H,8-11H2,1-5H3,(H,32,33,35,36). The molecule has 0 saturated carbocycles. The first-order valence-corrected chi connectivity index (χ1v) is 13.5. The van der Waals surface area contributed by atoms with E-state index in [0.717, 1.165) is 37.7 Å². The fourth-order valence-corrected chi connectivity index (χ4v) is 5.48. The lowest BCUT2D eigenvalue weighted by molar-refractivity contribution is 0.0497. The van der Waals surface area contributed by atoms with E-state index in [-0.39, 0.29) is 29.1 Å². The minimum Gasteiger partial charge on any atom is -0.388 e. The van der Waals surface area contributed by atoms with Gasteiger partial charge in [0.05, 0.1) is 17.8 Å². The van der Waals surface area contributed by atoms with Crippen molar-refractivity contribution in [3.05, 3.63) is 59.7 Å². The molecule has 2 N–H and O–H groups in total. The summed E-state index contributed by atoms with van der Waals surface area (Å²) in [6.07, 6.45) is 4.00. The Bertz CT molecular complexity index is 1460. The van der Waals surface area contributed by atoms with Crippen LogP contribution in [-0.4, -0.2) is 53.6 Å². The molecule has 39 heavy (non-hydrogen) atoms. The number of piperidine rings is 1. The molecule has 8 nitrogen and oxygen atoms in total. The quantitative estimate of drug-likeness (QED) is 0.302. The average Bonchev–Trinajstić information content (AvgIpc) is 3.26. The lowest BCUT2D eigenvalue weighted by atomic mass is 9.87. The number of aliphatic hydroxyl groups is 1. The topological polar surface area (TPSA) is 92.0 Å². The number of hydrogen-bond donors (Lipinski definition) is 2. The lowest BCUT2D eigenvalue weighted by Gasteiger charge is -2.36. The van der Waals surface area contributed by atoms with Crippen molar-refractivity contribution < 1.29 is 13.9 Å². The van der Waals surface area contributed by atoms with E-state index in [4.69, 9.17) is 0 Å². The third-order valence-corrected chi connectivity index (χ3v) is 7.58. The first-order valence-electron chi connectivity index (χ1n) is 13.5. The Labute approximate surface area is 227 Å². The summed E-state index contributed by atoms with van der Waals surface area (Å²) in [6, 6.07) is 7.08. The molecule has 0 bridgehead atoms. The zero-order valence-corrected chi connectivity index (χ0v) is 23.0. The van der Waals surface area contributed by atoms with Crippen LogP contribution in [0.25, 0.3) is 22.3 Å². The SMILES string of the molecule is Cc1nc2c(F)cc(-c3nc(Nc4ccc(C(O)C5CCN(C(C)C)CC5)cn4)ncc3F)cc2n1C(C)C. The van der Waals surface area contributed by atoms with Crippen molar-refractivity contribution >= 4 is 22.8 Å². The summed E-state index contributed by atoms with van der Waals surface area (Å²) in [5.41, 5.74) is 1.84. The average molecular weight is 536 g/mol. The molecule has 0 spiro atoms. The molecule has 1 aromatic carbocycles. The number of pyridine rings is 1. The van der Waals surface area contributed by atoms with E-state index in [9.17, 15) is 13.9 Å².